The molecule has 1 N–H and O–H groups in total. The fraction of sp³-hybridized carbons (Fsp3) is 0.333. The first-order valence-electron chi connectivity index (χ1n) is 8.27. The predicted octanol–water partition coefficient (Wildman–Crippen LogP) is 2.08. The molecule has 1 aliphatic rings. The van der Waals surface area contributed by atoms with Gasteiger partial charge in [-0.05, 0) is 42.0 Å². The van der Waals surface area contributed by atoms with Gasteiger partial charge in [0, 0.05) is 17.6 Å². The van der Waals surface area contributed by atoms with E-state index in [1.807, 2.05) is 12.1 Å². The van der Waals surface area contributed by atoms with Gasteiger partial charge in [0.05, 0.1) is 28.8 Å². The van der Waals surface area contributed by atoms with Crippen molar-refractivity contribution >= 4 is 31.3 Å². The van der Waals surface area contributed by atoms with Gasteiger partial charge in [-0.15, -0.1) is 0 Å². The van der Waals surface area contributed by atoms with Crippen molar-refractivity contribution in [1.29, 1.82) is 0 Å². The second-order valence-electron chi connectivity index (χ2n) is 6.45. The summed E-state index contributed by atoms with van der Waals surface area (Å²) in [5.41, 5.74) is 0.893. The van der Waals surface area contributed by atoms with E-state index in [0.29, 0.717) is 17.3 Å². The summed E-state index contributed by atoms with van der Waals surface area (Å²) in [7, 11) is -5.77. The van der Waals surface area contributed by atoms with E-state index >= 15 is 0 Å². The van der Waals surface area contributed by atoms with E-state index in [4.69, 9.17) is 16.3 Å². The molecule has 9 heteroatoms. The van der Waals surface area contributed by atoms with Crippen LogP contribution in [0, 0.1) is 0 Å². The fourth-order valence-corrected chi connectivity index (χ4v) is 7.95. The molecule has 0 aromatic heterocycles. The Bertz CT molecular complexity index is 1000. The first-order chi connectivity index (χ1) is 12.7. The molecule has 0 unspecified atom stereocenters. The van der Waals surface area contributed by atoms with Crippen molar-refractivity contribution < 1.29 is 21.6 Å². The molecule has 146 valence electrons. The number of hydrogen-bond donors (Lipinski definition) is 1. The van der Waals surface area contributed by atoms with E-state index in [9.17, 15) is 16.8 Å². The Morgan fingerprint density at radius 1 is 1.07 bits per heavy atom. The monoisotopic (exact) mass is 429 g/mol. The molecule has 3 rings (SSSR count). The van der Waals surface area contributed by atoms with Crippen molar-refractivity contribution in [2.24, 2.45) is 0 Å². The van der Waals surface area contributed by atoms with E-state index in [2.05, 4.69) is 5.32 Å². The average molecular weight is 430 g/mol. The van der Waals surface area contributed by atoms with Crippen LogP contribution in [0.3, 0.4) is 0 Å². The summed E-state index contributed by atoms with van der Waals surface area (Å²) < 4.78 is 55.4. The molecule has 0 saturated carbocycles. The lowest BCUT2D eigenvalue weighted by atomic mass is 10.2. The van der Waals surface area contributed by atoms with Crippen LogP contribution in [0.15, 0.2) is 53.4 Å². The zero-order valence-corrected chi connectivity index (χ0v) is 17.0. The maximum Gasteiger partial charge on any atom is 0.183 e. The largest absolute Gasteiger partial charge is 0.497 e. The van der Waals surface area contributed by atoms with Gasteiger partial charge in [-0.25, -0.2) is 16.8 Å². The van der Waals surface area contributed by atoms with Gasteiger partial charge in [-0.1, -0.05) is 23.7 Å². The Kier molecular flexibility index (Phi) is 5.81. The first-order valence-corrected chi connectivity index (χ1v) is 12.0. The summed E-state index contributed by atoms with van der Waals surface area (Å²) in [6, 6.07) is 12.4. The van der Waals surface area contributed by atoms with E-state index in [-0.39, 0.29) is 16.4 Å². The van der Waals surface area contributed by atoms with Crippen molar-refractivity contribution in [3.05, 3.63) is 59.1 Å². The minimum atomic E-state index is -3.81. The van der Waals surface area contributed by atoms with Gasteiger partial charge in [-0.2, -0.15) is 0 Å². The number of benzene rings is 2. The third-order valence-corrected chi connectivity index (χ3v) is 8.99. The molecule has 0 amide bonds. The molecule has 1 heterocycles. The smallest absolute Gasteiger partial charge is 0.183 e. The minimum absolute atomic E-state index is 0.0868. The van der Waals surface area contributed by atoms with Gasteiger partial charge in [-0.3, -0.25) is 0 Å². The molecule has 2 aromatic rings. The van der Waals surface area contributed by atoms with Gasteiger partial charge in [0.1, 0.15) is 5.75 Å². The maximum atomic E-state index is 13.0. The molecule has 6 nitrogen and oxygen atoms in total. The van der Waals surface area contributed by atoms with Crippen molar-refractivity contribution in [2.45, 2.75) is 22.7 Å². The number of hydrogen-bond acceptors (Lipinski definition) is 6. The summed E-state index contributed by atoms with van der Waals surface area (Å²) >= 11 is 5.86. The van der Waals surface area contributed by atoms with Crippen LogP contribution in [0.5, 0.6) is 5.75 Å². The Labute approximate surface area is 164 Å². The lowest BCUT2D eigenvalue weighted by molar-refractivity contribution is 0.414. The zero-order valence-electron chi connectivity index (χ0n) is 14.6. The van der Waals surface area contributed by atoms with Crippen LogP contribution in [0.2, 0.25) is 5.02 Å². The molecular weight excluding hydrogens is 410 g/mol. The highest BCUT2D eigenvalue weighted by Gasteiger charge is 2.45. The van der Waals surface area contributed by atoms with Crippen molar-refractivity contribution in [2.75, 3.05) is 18.6 Å². The van der Waals surface area contributed by atoms with Crippen LogP contribution in [0.4, 0.5) is 0 Å². The van der Waals surface area contributed by atoms with Crippen LogP contribution in [-0.2, 0) is 26.2 Å². The topological polar surface area (TPSA) is 89.5 Å². The number of sulfone groups is 2. The average Bonchev–Trinajstić information content (AvgIpc) is 2.97. The van der Waals surface area contributed by atoms with Crippen LogP contribution >= 0.6 is 11.6 Å². The maximum absolute atomic E-state index is 13.0. The van der Waals surface area contributed by atoms with E-state index in [1.54, 1.807) is 24.3 Å². The van der Waals surface area contributed by atoms with Crippen molar-refractivity contribution in [1.82, 2.24) is 5.32 Å². The fourth-order valence-electron chi connectivity index (χ4n) is 3.10. The lowest BCUT2D eigenvalue weighted by Gasteiger charge is -2.20. The second-order valence-corrected chi connectivity index (χ2v) is 11.2. The van der Waals surface area contributed by atoms with E-state index < -0.39 is 31.0 Å². The summed E-state index contributed by atoms with van der Waals surface area (Å²) in [5, 5.41) is 2.66. The van der Waals surface area contributed by atoms with Crippen LogP contribution in [-0.4, -0.2) is 46.7 Å². The highest BCUT2D eigenvalue weighted by molar-refractivity contribution is 7.96. The molecule has 1 aliphatic heterocycles. The minimum Gasteiger partial charge on any atom is -0.497 e. The Balaban J connectivity index is 1.82. The lowest BCUT2D eigenvalue weighted by Crippen LogP contribution is -2.43. The Hall–Kier alpha value is -1.61. The number of rotatable bonds is 6. The van der Waals surface area contributed by atoms with Gasteiger partial charge in [0.15, 0.2) is 19.7 Å². The Morgan fingerprint density at radius 3 is 2.30 bits per heavy atom. The SMILES string of the molecule is COc1ccc(S(=O)(=O)[C@H]2CS(=O)(=O)C[C@@H]2NCc2ccc(Cl)cc2)cc1. The predicted molar refractivity (Wildman–Crippen MR) is 105 cm³/mol. The van der Waals surface area contributed by atoms with E-state index in [0.717, 1.165) is 5.56 Å². The Morgan fingerprint density at radius 2 is 1.70 bits per heavy atom. The summed E-state index contributed by atoms with van der Waals surface area (Å²) in [6.07, 6.45) is 0. The molecule has 0 bridgehead atoms. The first kappa shape index (κ1) is 20.1. The highest BCUT2D eigenvalue weighted by atomic mass is 35.5. The van der Waals surface area contributed by atoms with Gasteiger partial charge < -0.3 is 10.1 Å². The molecular formula is C18H20ClNO5S2. The third-order valence-electron chi connectivity index (χ3n) is 4.57. The molecule has 0 radical (unpaired) electrons. The molecule has 27 heavy (non-hydrogen) atoms. The number of halogens is 1. The van der Waals surface area contributed by atoms with Crippen LogP contribution < -0.4 is 10.1 Å². The summed E-state index contributed by atoms with van der Waals surface area (Å²) in [4.78, 5) is 0.0868. The van der Waals surface area contributed by atoms with Crippen LogP contribution in [0.1, 0.15) is 5.56 Å². The molecule has 2 aromatic carbocycles. The van der Waals surface area contributed by atoms with Crippen molar-refractivity contribution in [3.63, 3.8) is 0 Å². The number of methoxy groups -OCH3 is 1. The van der Waals surface area contributed by atoms with Gasteiger partial charge in [0.2, 0.25) is 0 Å². The quantitative estimate of drug-likeness (QED) is 0.756. The molecule has 0 spiro atoms. The van der Waals surface area contributed by atoms with Crippen LogP contribution in [0.25, 0.3) is 0 Å². The number of nitrogens with one attached hydrogen (secondary N) is 1. The van der Waals surface area contributed by atoms with Gasteiger partial charge in [0.25, 0.3) is 0 Å². The molecule has 1 fully saturated rings. The third kappa shape index (κ3) is 4.63. The number of ether oxygens (including phenoxy) is 1. The zero-order chi connectivity index (χ0) is 19.7. The molecule has 1 saturated heterocycles. The van der Waals surface area contributed by atoms with Gasteiger partial charge >= 0.3 is 0 Å². The second kappa shape index (κ2) is 7.79. The standard InChI is InChI=1S/C18H20ClNO5S2/c1-25-15-6-8-16(9-7-15)27(23,24)18-12-26(21,22)11-17(18)20-10-13-2-4-14(19)5-3-13/h2-9,17-18,20H,10-12H2,1H3/t17-,18-/m0/s1. The van der Waals surface area contributed by atoms with Crippen molar-refractivity contribution in [3.8, 4) is 5.75 Å². The summed E-state index contributed by atoms with van der Waals surface area (Å²) in [5.74, 6) is -0.0642. The van der Waals surface area contributed by atoms with E-state index in [1.165, 1.54) is 19.2 Å². The molecule has 0 aliphatic carbocycles. The molecule has 2 atom stereocenters. The normalized spacial score (nSPS) is 21.9. The highest BCUT2D eigenvalue weighted by Crippen LogP contribution is 2.27. The summed E-state index contributed by atoms with van der Waals surface area (Å²) in [6.45, 7) is 0.353.